The van der Waals surface area contributed by atoms with Crippen molar-refractivity contribution < 1.29 is 9.53 Å². The van der Waals surface area contributed by atoms with Gasteiger partial charge in [-0.2, -0.15) is 0 Å². The highest BCUT2D eigenvalue weighted by Crippen LogP contribution is 2.39. The molecule has 30 heavy (non-hydrogen) atoms. The van der Waals surface area contributed by atoms with E-state index in [0.717, 1.165) is 83.3 Å². The summed E-state index contributed by atoms with van der Waals surface area (Å²) in [5, 5.41) is 7.04. The molecule has 0 aromatic rings. The second kappa shape index (κ2) is 12.4. The minimum Gasteiger partial charge on any atom is -0.381 e. The minimum absolute atomic E-state index is 0. The number of hydrogen-bond donors (Lipinski definition) is 2. The molecule has 0 spiro atoms. The quantitative estimate of drug-likeness (QED) is 0.298. The van der Waals surface area contributed by atoms with Crippen LogP contribution in [0.4, 0.5) is 0 Å². The SMILES string of the molecule is CCNC(=NCC1(C(=O)N(C)C)CCCC1)NC1CCN(CC2CCOC2)CC1.I. The summed E-state index contributed by atoms with van der Waals surface area (Å²) in [5.74, 6) is 1.82. The Hall–Kier alpha value is -0.610. The molecular formula is C22H42IN5O2. The Labute approximate surface area is 199 Å². The molecular weight excluding hydrogens is 493 g/mol. The molecule has 2 N–H and O–H groups in total. The van der Waals surface area contributed by atoms with E-state index in [1.165, 1.54) is 13.0 Å². The normalized spacial score (nSPS) is 25.0. The average molecular weight is 536 g/mol. The van der Waals surface area contributed by atoms with Gasteiger partial charge in [0.1, 0.15) is 0 Å². The zero-order chi connectivity index (χ0) is 20.7. The van der Waals surface area contributed by atoms with Gasteiger partial charge in [0.15, 0.2) is 5.96 Å². The molecule has 0 bridgehead atoms. The van der Waals surface area contributed by atoms with Gasteiger partial charge in [0.25, 0.3) is 0 Å². The van der Waals surface area contributed by atoms with Gasteiger partial charge in [0.05, 0.1) is 18.6 Å². The molecule has 8 heteroatoms. The number of carbonyl (C=O) groups excluding carboxylic acids is 1. The number of likely N-dealkylation sites (tertiary alicyclic amines) is 1. The molecule has 0 aromatic heterocycles. The number of nitrogens with zero attached hydrogens (tertiary/aromatic N) is 3. The Morgan fingerprint density at radius 1 is 1.20 bits per heavy atom. The predicted octanol–water partition coefficient (Wildman–Crippen LogP) is 2.31. The smallest absolute Gasteiger partial charge is 0.230 e. The summed E-state index contributed by atoms with van der Waals surface area (Å²) in [6.45, 7) is 8.83. The van der Waals surface area contributed by atoms with E-state index in [1.54, 1.807) is 4.90 Å². The zero-order valence-electron chi connectivity index (χ0n) is 19.1. The Bertz CT molecular complexity index is 552. The van der Waals surface area contributed by atoms with Crippen molar-refractivity contribution in [3.63, 3.8) is 0 Å². The largest absolute Gasteiger partial charge is 0.381 e. The molecule has 3 rings (SSSR count). The highest BCUT2D eigenvalue weighted by Gasteiger charge is 2.42. The van der Waals surface area contributed by atoms with Crippen LogP contribution in [0.5, 0.6) is 0 Å². The first-order valence-electron chi connectivity index (χ1n) is 11.6. The third-order valence-electron chi connectivity index (χ3n) is 6.77. The number of halogens is 1. The predicted molar refractivity (Wildman–Crippen MR) is 133 cm³/mol. The van der Waals surface area contributed by atoms with E-state index < -0.39 is 0 Å². The molecule has 1 aliphatic carbocycles. The molecule has 1 atom stereocenters. The number of piperidine rings is 1. The number of rotatable bonds is 7. The van der Waals surface area contributed by atoms with E-state index in [1.807, 2.05) is 14.1 Å². The summed E-state index contributed by atoms with van der Waals surface area (Å²) < 4.78 is 5.52. The average Bonchev–Trinajstić information content (AvgIpc) is 3.40. The van der Waals surface area contributed by atoms with Gasteiger partial charge in [-0.3, -0.25) is 9.79 Å². The van der Waals surface area contributed by atoms with Crippen LogP contribution in [0.3, 0.4) is 0 Å². The van der Waals surface area contributed by atoms with E-state index in [2.05, 4.69) is 22.5 Å². The summed E-state index contributed by atoms with van der Waals surface area (Å²) in [4.78, 5) is 22.0. The highest BCUT2D eigenvalue weighted by molar-refractivity contribution is 14.0. The molecule has 0 aromatic carbocycles. The van der Waals surface area contributed by atoms with Crippen LogP contribution in [0.15, 0.2) is 4.99 Å². The Balaban J connectivity index is 0.00000320. The summed E-state index contributed by atoms with van der Waals surface area (Å²) in [6, 6.07) is 0.452. The summed E-state index contributed by atoms with van der Waals surface area (Å²) in [7, 11) is 3.72. The van der Waals surface area contributed by atoms with Gasteiger partial charge in [-0.25, -0.2) is 0 Å². The summed E-state index contributed by atoms with van der Waals surface area (Å²) in [5.41, 5.74) is -0.307. The topological polar surface area (TPSA) is 69.2 Å². The molecule has 174 valence electrons. The lowest BCUT2D eigenvalue weighted by Crippen LogP contribution is -2.50. The monoisotopic (exact) mass is 535 g/mol. The Kier molecular flexibility index (Phi) is 10.6. The van der Waals surface area contributed by atoms with Crippen LogP contribution in [0.2, 0.25) is 0 Å². The zero-order valence-corrected chi connectivity index (χ0v) is 21.5. The lowest BCUT2D eigenvalue weighted by Gasteiger charge is -2.34. The van der Waals surface area contributed by atoms with Crippen molar-refractivity contribution in [1.29, 1.82) is 0 Å². The van der Waals surface area contributed by atoms with Crippen LogP contribution in [-0.4, -0.2) is 87.7 Å². The fraction of sp³-hybridized carbons (Fsp3) is 0.909. The highest BCUT2D eigenvalue weighted by atomic mass is 127. The van der Waals surface area contributed by atoms with Gasteiger partial charge in [-0.15, -0.1) is 24.0 Å². The van der Waals surface area contributed by atoms with Crippen LogP contribution >= 0.6 is 24.0 Å². The summed E-state index contributed by atoms with van der Waals surface area (Å²) in [6.07, 6.45) is 7.65. The number of amides is 1. The minimum atomic E-state index is -0.307. The standard InChI is InChI=1S/C22H41N5O2.HI/c1-4-23-21(24-17-22(10-5-6-11-22)20(28)26(2)3)25-19-7-12-27(13-8-19)15-18-9-14-29-16-18;/h18-19H,4-17H2,1-3H3,(H2,23,24,25);1H. The second-order valence-electron chi connectivity index (χ2n) is 9.33. The maximum Gasteiger partial charge on any atom is 0.230 e. The van der Waals surface area contributed by atoms with Gasteiger partial charge in [-0.1, -0.05) is 12.8 Å². The second-order valence-corrected chi connectivity index (χ2v) is 9.33. The van der Waals surface area contributed by atoms with Gasteiger partial charge in [-0.05, 0) is 44.9 Å². The Morgan fingerprint density at radius 2 is 1.90 bits per heavy atom. The number of nitrogens with one attached hydrogen (secondary N) is 2. The van der Waals surface area contributed by atoms with Crippen LogP contribution in [0.1, 0.15) is 51.9 Å². The first-order valence-corrected chi connectivity index (χ1v) is 11.6. The third-order valence-corrected chi connectivity index (χ3v) is 6.77. The molecule has 0 radical (unpaired) electrons. The lowest BCUT2D eigenvalue weighted by molar-refractivity contribution is -0.138. The first kappa shape index (κ1) is 25.6. The molecule has 2 aliphatic heterocycles. The molecule has 1 amide bonds. The molecule has 2 saturated heterocycles. The molecule has 3 fully saturated rings. The number of hydrogen-bond acceptors (Lipinski definition) is 4. The van der Waals surface area contributed by atoms with Gasteiger partial charge in [0, 0.05) is 52.9 Å². The van der Waals surface area contributed by atoms with E-state index in [4.69, 9.17) is 9.73 Å². The van der Waals surface area contributed by atoms with Gasteiger partial charge >= 0.3 is 0 Å². The fourth-order valence-corrected chi connectivity index (χ4v) is 5.06. The van der Waals surface area contributed by atoms with Crippen molar-refractivity contribution in [3.8, 4) is 0 Å². The lowest BCUT2D eigenvalue weighted by atomic mass is 9.85. The molecule has 3 aliphatic rings. The van der Waals surface area contributed by atoms with Crippen molar-refractivity contribution in [1.82, 2.24) is 20.4 Å². The maximum atomic E-state index is 12.8. The number of aliphatic imine (C=N–C) groups is 1. The van der Waals surface area contributed by atoms with Crippen LogP contribution in [0, 0.1) is 11.3 Å². The van der Waals surface area contributed by atoms with Crippen molar-refractivity contribution in [2.45, 2.75) is 57.9 Å². The van der Waals surface area contributed by atoms with Crippen LogP contribution in [0.25, 0.3) is 0 Å². The first-order chi connectivity index (χ1) is 14.0. The van der Waals surface area contributed by atoms with Gasteiger partial charge < -0.3 is 25.2 Å². The molecule has 1 saturated carbocycles. The van der Waals surface area contributed by atoms with Crippen molar-refractivity contribution in [2.75, 3.05) is 60.0 Å². The number of carbonyl (C=O) groups is 1. The van der Waals surface area contributed by atoms with E-state index in [0.29, 0.717) is 12.6 Å². The van der Waals surface area contributed by atoms with Crippen molar-refractivity contribution in [3.05, 3.63) is 0 Å². The van der Waals surface area contributed by atoms with E-state index >= 15 is 0 Å². The maximum absolute atomic E-state index is 12.8. The summed E-state index contributed by atoms with van der Waals surface area (Å²) >= 11 is 0. The fourth-order valence-electron chi connectivity index (χ4n) is 5.06. The van der Waals surface area contributed by atoms with Gasteiger partial charge in [0.2, 0.25) is 5.91 Å². The molecule has 2 heterocycles. The van der Waals surface area contributed by atoms with E-state index in [9.17, 15) is 4.79 Å². The van der Waals surface area contributed by atoms with Crippen LogP contribution < -0.4 is 10.6 Å². The van der Waals surface area contributed by atoms with E-state index in [-0.39, 0.29) is 35.3 Å². The van der Waals surface area contributed by atoms with Crippen LogP contribution in [-0.2, 0) is 9.53 Å². The number of guanidine groups is 1. The number of ether oxygens (including phenoxy) is 1. The molecule has 1 unspecified atom stereocenters. The third kappa shape index (κ3) is 6.95. The van der Waals surface area contributed by atoms with Crippen molar-refractivity contribution in [2.24, 2.45) is 16.3 Å². The molecule has 7 nitrogen and oxygen atoms in total. The Morgan fingerprint density at radius 3 is 2.47 bits per heavy atom. The van der Waals surface area contributed by atoms with Crippen molar-refractivity contribution >= 4 is 35.8 Å².